The molecule has 5 heteroatoms. The van der Waals surface area contributed by atoms with Gasteiger partial charge in [-0.25, -0.2) is 4.79 Å². The molecular formula is C9H18N2O3. The first-order valence-corrected chi connectivity index (χ1v) is 4.59. The van der Waals surface area contributed by atoms with Crippen LogP contribution in [0.5, 0.6) is 0 Å². The second kappa shape index (κ2) is 5.47. The maximum absolute atomic E-state index is 11.3. The van der Waals surface area contributed by atoms with Crippen molar-refractivity contribution in [1.29, 1.82) is 0 Å². The lowest BCUT2D eigenvalue weighted by molar-refractivity contribution is -0.138. The lowest BCUT2D eigenvalue weighted by atomic mass is 10.2. The van der Waals surface area contributed by atoms with Gasteiger partial charge in [-0.05, 0) is 12.8 Å². The van der Waals surface area contributed by atoms with Gasteiger partial charge < -0.3 is 15.3 Å². The van der Waals surface area contributed by atoms with Gasteiger partial charge in [0.1, 0.15) is 6.04 Å². The number of nitrogens with zero attached hydrogens (tertiary/aromatic N) is 1. The van der Waals surface area contributed by atoms with E-state index >= 15 is 0 Å². The summed E-state index contributed by atoms with van der Waals surface area (Å²) in [5.74, 6) is -0.665. The molecule has 0 aromatic rings. The van der Waals surface area contributed by atoms with Crippen molar-refractivity contribution in [2.24, 2.45) is 5.92 Å². The van der Waals surface area contributed by atoms with Crippen molar-refractivity contribution < 1.29 is 14.7 Å². The minimum Gasteiger partial charge on any atom is -0.480 e. The Balaban J connectivity index is 4.01. The zero-order chi connectivity index (χ0) is 11.3. The van der Waals surface area contributed by atoms with Crippen LogP contribution in [0.15, 0.2) is 0 Å². The van der Waals surface area contributed by atoms with Crippen LogP contribution in [-0.4, -0.2) is 41.6 Å². The molecule has 0 aromatic carbocycles. The van der Waals surface area contributed by atoms with Gasteiger partial charge >= 0.3 is 12.0 Å². The third kappa shape index (κ3) is 4.69. The zero-order valence-electron chi connectivity index (χ0n) is 9.07. The standard InChI is InChI=1S/C9H18N2O3/c1-6(2)5-11(4)9(14)10-7(3)8(12)13/h6-7H,5H2,1-4H3,(H,10,14)(H,12,13)/t7-/m0/s1. The van der Waals surface area contributed by atoms with Gasteiger partial charge in [0, 0.05) is 13.6 Å². The number of hydrogen-bond acceptors (Lipinski definition) is 2. The van der Waals surface area contributed by atoms with E-state index in [0.29, 0.717) is 12.5 Å². The van der Waals surface area contributed by atoms with Crippen LogP contribution >= 0.6 is 0 Å². The number of hydrogen-bond donors (Lipinski definition) is 2. The smallest absolute Gasteiger partial charge is 0.325 e. The maximum Gasteiger partial charge on any atom is 0.325 e. The highest BCUT2D eigenvalue weighted by Crippen LogP contribution is 1.96. The summed E-state index contributed by atoms with van der Waals surface area (Å²) in [6, 6.07) is -1.20. The SMILES string of the molecule is CC(C)CN(C)C(=O)N[C@@H](C)C(=O)O. The first-order valence-electron chi connectivity index (χ1n) is 4.59. The highest BCUT2D eigenvalue weighted by Gasteiger charge is 2.16. The number of carboxylic acid groups (broad SMARTS) is 1. The Kier molecular flexibility index (Phi) is 4.97. The summed E-state index contributed by atoms with van der Waals surface area (Å²) in [5.41, 5.74) is 0. The van der Waals surface area contributed by atoms with Crippen LogP contribution in [0.2, 0.25) is 0 Å². The van der Waals surface area contributed by atoms with E-state index in [0.717, 1.165) is 0 Å². The van der Waals surface area contributed by atoms with E-state index in [1.807, 2.05) is 13.8 Å². The first-order chi connectivity index (χ1) is 6.34. The summed E-state index contributed by atoms with van der Waals surface area (Å²) >= 11 is 0. The van der Waals surface area contributed by atoms with Crippen molar-refractivity contribution in [2.45, 2.75) is 26.8 Å². The van der Waals surface area contributed by atoms with E-state index in [9.17, 15) is 9.59 Å². The number of carbonyl (C=O) groups is 2. The molecular weight excluding hydrogens is 184 g/mol. The number of carboxylic acids is 1. The average molecular weight is 202 g/mol. The van der Waals surface area contributed by atoms with Gasteiger partial charge in [0.25, 0.3) is 0 Å². The minimum atomic E-state index is -1.03. The molecule has 0 spiro atoms. The largest absolute Gasteiger partial charge is 0.480 e. The van der Waals surface area contributed by atoms with Crippen molar-refractivity contribution in [3.05, 3.63) is 0 Å². The van der Waals surface area contributed by atoms with Crippen LogP contribution in [-0.2, 0) is 4.79 Å². The molecule has 2 amide bonds. The number of aliphatic carboxylic acids is 1. The molecule has 0 fully saturated rings. The van der Waals surface area contributed by atoms with Crippen molar-refractivity contribution in [3.8, 4) is 0 Å². The predicted molar refractivity (Wildman–Crippen MR) is 53.1 cm³/mol. The fourth-order valence-electron chi connectivity index (χ4n) is 0.988. The molecule has 0 saturated heterocycles. The molecule has 14 heavy (non-hydrogen) atoms. The molecule has 0 rings (SSSR count). The summed E-state index contributed by atoms with van der Waals surface area (Å²) in [7, 11) is 1.64. The molecule has 0 aromatic heterocycles. The van der Waals surface area contributed by atoms with Crippen LogP contribution in [0, 0.1) is 5.92 Å². The second-order valence-corrected chi connectivity index (χ2v) is 3.78. The molecule has 0 radical (unpaired) electrons. The van der Waals surface area contributed by atoms with Gasteiger partial charge in [0.05, 0.1) is 0 Å². The Labute approximate surface area is 84.1 Å². The van der Waals surface area contributed by atoms with Crippen molar-refractivity contribution in [2.75, 3.05) is 13.6 Å². The summed E-state index contributed by atoms with van der Waals surface area (Å²) in [5, 5.41) is 10.9. The van der Waals surface area contributed by atoms with Gasteiger partial charge in [-0.2, -0.15) is 0 Å². The quantitative estimate of drug-likeness (QED) is 0.707. The van der Waals surface area contributed by atoms with E-state index in [2.05, 4.69) is 5.32 Å². The number of amides is 2. The summed E-state index contributed by atoms with van der Waals surface area (Å²) in [6.07, 6.45) is 0. The second-order valence-electron chi connectivity index (χ2n) is 3.78. The molecule has 0 bridgehead atoms. The summed E-state index contributed by atoms with van der Waals surface area (Å²) in [6.45, 7) is 6.02. The highest BCUT2D eigenvalue weighted by molar-refractivity contribution is 5.82. The normalized spacial score (nSPS) is 12.4. The number of nitrogens with one attached hydrogen (secondary N) is 1. The molecule has 0 saturated carbocycles. The molecule has 2 N–H and O–H groups in total. The Bertz CT molecular complexity index is 216. The van der Waals surface area contributed by atoms with Gasteiger partial charge in [-0.1, -0.05) is 13.8 Å². The van der Waals surface area contributed by atoms with Gasteiger partial charge in [0.15, 0.2) is 0 Å². The van der Waals surface area contributed by atoms with Gasteiger partial charge in [0.2, 0.25) is 0 Å². The highest BCUT2D eigenvalue weighted by atomic mass is 16.4. The number of urea groups is 1. The van der Waals surface area contributed by atoms with Crippen LogP contribution < -0.4 is 5.32 Å². The fourth-order valence-corrected chi connectivity index (χ4v) is 0.988. The lowest BCUT2D eigenvalue weighted by Crippen LogP contribution is -2.46. The third-order valence-corrected chi connectivity index (χ3v) is 1.70. The first kappa shape index (κ1) is 12.7. The van der Waals surface area contributed by atoms with E-state index in [4.69, 9.17) is 5.11 Å². The van der Waals surface area contributed by atoms with Gasteiger partial charge in [-0.15, -0.1) is 0 Å². The molecule has 1 atom stereocenters. The summed E-state index contributed by atoms with van der Waals surface area (Å²) < 4.78 is 0. The minimum absolute atomic E-state index is 0.353. The maximum atomic E-state index is 11.3. The predicted octanol–water partition coefficient (Wildman–Crippen LogP) is 0.757. The Hall–Kier alpha value is -1.26. The van der Waals surface area contributed by atoms with Crippen molar-refractivity contribution in [3.63, 3.8) is 0 Å². The fraction of sp³-hybridized carbons (Fsp3) is 0.778. The van der Waals surface area contributed by atoms with Crippen LogP contribution in [0.3, 0.4) is 0 Å². The van der Waals surface area contributed by atoms with Crippen LogP contribution in [0.4, 0.5) is 4.79 Å². The molecule has 0 heterocycles. The molecule has 0 unspecified atom stereocenters. The van der Waals surface area contributed by atoms with Crippen molar-refractivity contribution >= 4 is 12.0 Å². The average Bonchev–Trinajstić information content (AvgIpc) is 2.02. The number of rotatable bonds is 4. The van der Waals surface area contributed by atoms with Crippen LogP contribution in [0.1, 0.15) is 20.8 Å². The Morgan fingerprint density at radius 2 is 1.86 bits per heavy atom. The monoisotopic (exact) mass is 202 g/mol. The topological polar surface area (TPSA) is 69.6 Å². The van der Waals surface area contributed by atoms with Crippen molar-refractivity contribution in [1.82, 2.24) is 10.2 Å². The summed E-state index contributed by atoms with van der Waals surface area (Å²) in [4.78, 5) is 23.3. The van der Waals surface area contributed by atoms with E-state index < -0.39 is 12.0 Å². The third-order valence-electron chi connectivity index (χ3n) is 1.70. The lowest BCUT2D eigenvalue weighted by Gasteiger charge is -2.21. The van der Waals surface area contributed by atoms with Gasteiger partial charge in [-0.3, -0.25) is 4.79 Å². The Morgan fingerprint density at radius 1 is 1.36 bits per heavy atom. The van der Waals surface area contributed by atoms with E-state index in [1.165, 1.54) is 11.8 Å². The molecule has 0 aliphatic heterocycles. The molecule has 82 valence electrons. The van der Waals surface area contributed by atoms with E-state index in [-0.39, 0.29) is 6.03 Å². The zero-order valence-corrected chi connectivity index (χ0v) is 9.07. The molecule has 0 aliphatic carbocycles. The Morgan fingerprint density at radius 3 is 2.21 bits per heavy atom. The molecule has 5 nitrogen and oxygen atoms in total. The van der Waals surface area contributed by atoms with Crippen LogP contribution in [0.25, 0.3) is 0 Å². The molecule has 0 aliphatic rings. The van der Waals surface area contributed by atoms with E-state index in [1.54, 1.807) is 7.05 Å². The number of carbonyl (C=O) groups excluding carboxylic acids is 1.